The lowest BCUT2D eigenvalue weighted by molar-refractivity contribution is 0.185. The van der Waals surface area contributed by atoms with Crippen LogP contribution in [0.2, 0.25) is 0 Å². The van der Waals surface area contributed by atoms with Crippen molar-refractivity contribution >= 4 is 9.84 Å². The molecule has 2 aliphatic heterocycles. The quantitative estimate of drug-likeness (QED) is 0.903. The molecule has 1 atom stereocenters. The Morgan fingerprint density at radius 2 is 1.70 bits per heavy atom. The topological polar surface area (TPSA) is 49.4 Å². The molecule has 0 bridgehead atoms. The first kappa shape index (κ1) is 16.8. The molecule has 1 N–H and O–H groups in total. The first-order valence-corrected chi connectivity index (χ1v) is 9.85. The fraction of sp³-hybridized carbons (Fsp3) is 0.625. The van der Waals surface area contributed by atoms with Crippen LogP contribution in [-0.2, 0) is 16.4 Å². The molecule has 1 aromatic carbocycles. The van der Waals surface area contributed by atoms with Gasteiger partial charge in [-0.15, -0.1) is 0 Å². The number of rotatable bonds is 4. The van der Waals surface area contributed by atoms with E-state index in [1.165, 1.54) is 12.1 Å². The molecular weight excluding hydrogens is 322 g/mol. The van der Waals surface area contributed by atoms with Crippen LogP contribution in [0.5, 0.6) is 0 Å². The summed E-state index contributed by atoms with van der Waals surface area (Å²) >= 11 is 0. The van der Waals surface area contributed by atoms with Crippen LogP contribution in [0.15, 0.2) is 18.2 Å². The highest BCUT2D eigenvalue weighted by Gasteiger charge is 2.30. The monoisotopic (exact) mass is 344 g/mol. The summed E-state index contributed by atoms with van der Waals surface area (Å²) in [6.07, 6.45) is 2.55. The van der Waals surface area contributed by atoms with Crippen molar-refractivity contribution in [3.8, 4) is 0 Å². The van der Waals surface area contributed by atoms with Gasteiger partial charge in [0.15, 0.2) is 9.84 Å². The molecule has 2 aliphatic rings. The highest BCUT2D eigenvalue weighted by Crippen LogP contribution is 2.18. The van der Waals surface area contributed by atoms with E-state index in [1.54, 1.807) is 0 Å². The van der Waals surface area contributed by atoms with E-state index < -0.39 is 21.5 Å². The van der Waals surface area contributed by atoms with Crippen LogP contribution in [0.4, 0.5) is 8.78 Å². The Kier molecular flexibility index (Phi) is 4.98. The first-order chi connectivity index (χ1) is 10.9. The second kappa shape index (κ2) is 6.83. The summed E-state index contributed by atoms with van der Waals surface area (Å²) in [6, 6.07) is 4.03. The zero-order valence-corrected chi connectivity index (χ0v) is 13.8. The van der Waals surface area contributed by atoms with E-state index in [0.717, 1.165) is 32.0 Å². The van der Waals surface area contributed by atoms with Gasteiger partial charge >= 0.3 is 0 Å². The smallest absolute Gasteiger partial charge is 0.151 e. The molecule has 7 heteroatoms. The summed E-state index contributed by atoms with van der Waals surface area (Å²) in [5, 5.41) is 3.45. The molecule has 23 heavy (non-hydrogen) atoms. The molecule has 0 amide bonds. The molecule has 128 valence electrons. The van der Waals surface area contributed by atoms with Gasteiger partial charge in [0.05, 0.1) is 11.5 Å². The molecule has 2 saturated heterocycles. The maximum atomic E-state index is 13.2. The Morgan fingerprint density at radius 3 is 2.26 bits per heavy atom. The molecule has 2 heterocycles. The van der Waals surface area contributed by atoms with Gasteiger partial charge in [0.2, 0.25) is 0 Å². The summed E-state index contributed by atoms with van der Waals surface area (Å²) in [7, 11) is -2.85. The molecule has 0 saturated carbocycles. The van der Waals surface area contributed by atoms with Crippen molar-refractivity contribution in [2.45, 2.75) is 37.9 Å². The Morgan fingerprint density at radius 1 is 1.04 bits per heavy atom. The van der Waals surface area contributed by atoms with E-state index in [9.17, 15) is 17.2 Å². The van der Waals surface area contributed by atoms with Gasteiger partial charge in [0.1, 0.15) is 11.6 Å². The number of halogens is 2. The minimum Gasteiger partial charge on any atom is -0.310 e. The summed E-state index contributed by atoms with van der Waals surface area (Å²) < 4.78 is 49.4. The van der Waals surface area contributed by atoms with Crippen LogP contribution in [0, 0.1) is 11.6 Å². The highest BCUT2D eigenvalue weighted by atomic mass is 32.2. The molecule has 4 nitrogen and oxygen atoms in total. The Balaban J connectivity index is 1.47. The van der Waals surface area contributed by atoms with Crippen molar-refractivity contribution in [2.24, 2.45) is 0 Å². The Labute approximate surface area is 135 Å². The third-order valence-electron chi connectivity index (χ3n) is 4.62. The van der Waals surface area contributed by atoms with E-state index in [1.807, 2.05) is 0 Å². The van der Waals surface area contributed by atoms with Gasteiger partial charge in [-0.1, -0.05) is 0 Å². The minimum absolute atomic E-state index is 0.0777. The van der Waals surface area contributed by atoms with Crippen LogP contribution >= 0.6 is 0 Å². The summed E-state index contributed by atoms with van der Waals surface area (Å²) in [6.45, 7) is 2.23. The number of hydrogen-bond acceptors (Lipinski definition) is 4. The van der Waals surface area contributed by atoms with E-state index in [2.05, 4.69) is 10.2 Å². The van der Waals surface area contributed by atoms with E-state index in [0.29, 0.717) is 24.6 Å². The minimum atomic E-state index is -2.85. The summed E-state index contributed by atoms with van der Waals surface area (Å²) in [5.41, 5.74) is 0.649. The maximum absolute atomic E-state index is 13.2. The average molecular weight is 344 g/mol. The van der Waals surface area contributed by atoms with Gasteiger partial charge in [-0.3, -0.25) is 4.90 Å². The molecule has 1 aromatic rings. The SMILES string of the molecule is O=S1(=O)CC[C@H](NC2CCN(Cc3cc(F)cc(F)c3)CC2)C1. The maximum Gasteiger partial charge on any atom is 0.151 e. The number of piperidine rings is 1. The third-order valence-corrected chi connectivity index (χ3v) is 6.39. The third kappa shape index (κ3) is 4.71. The average Bonchev–Trinajstić information content (AvgIpc) is 2.79. The lowest BCUT2D eigenvalue weighted by atomic mass is 10.0. The van der Waals surface area contributed by atoms with Gasteiger partial charge in [-0.05, 0) is 50.0 Å². The Bertz CT molecular complexity index is 638. The molecule has 0 aromatic heterocycles. The van der Waals surface area contributed by atoms with Crippen molar-refractivity contribution < 1.29 is 17.2 Å². The van der Waals surface area contributed by atoms with Crippen LogP contribution in [-0.4, -0.2) is 50.0 Å². The lowest BCUT2D eigenvalue weighted by Crippen LogP contribution is -2.46. The van der Waals surface area contributed by atoms with Gasteiger partial charge in [-0.25, -0.2) is 17.2 Å². The number of benzene rings is 1. The van der Waals surface area contributed by atoms with E-state index >= 15 is 0 Å². The molecule has 2 fully saturated rings. The number of hydrogen-bond donors (Lipinski definition) is 1. The molecular formula is C16H22F2N2O2S. The zero-order valence-electron chi connectivity index (χ0n) is 13.0. The van der Waals surface area contributed by atoms with Gasteiger partial charge < -0.3 is 5.32 Å². The standard InChI is InChI=1S/C16H22F2N2O2S/c17-13-7-12(8-14(18)9-13)10-20-4-1-15(2-5-20)19-16-3-6-23(21,22)11-16/h7-9,15-16,19H,1-6,10-11H2/t16-/m0/s1. The molecule has 0 aliphatic carbocycles. The predicted octanol–water partition coefficient (Wildman–Crippen LogP) is 1.71. The van der Waals surface area contributed by atoms with Crippen molar-refractivity contribution in [3.05, 3.63) is 35.4 Å². The molecule has 0 unspecified atom stereocenters. The largest absolute Gasteiger partial charge is 0.310 e. The Hall–Kier alpha value is -1.05. The van der Waals surface area contributed by atoms with Crippen LogP contribution < -0.4 is 5.32 Å². The molecule has 0 radical (unpaired) electrons. The predicted molar refractivity (Wildman–Crippen MR) is 84.9 cm³/mol. The summed E-state index contributed by atoms with van der Waals surface area (Å²) in [5.74, 6) is -0.553. The van der Waals surface area contributed by atoms with Crippen molar-refractivity contribution in [1.82, 2.24) is 10.2 Å². The summed E-state index contributed by atoms with van der Waals surface area (Å²) in [4.78, 5) is 2.18. The zero-order chi connectivity index (χ0) is 16.4. The molecule has 3 rings (SSSR count). The van der Waals surface area contributed by atoms with E-state index in [4.69, 9.17) is 0 Å². The number of sulfone groups is 1. The van der Waals surface area contributed by atoms with E-state index in [-0.39, 0.29) is 17.5 Å². The van der Waals surface area contributed by atoms with Gasteiger partial charge in [-0.2, -0.15) is 0 Å². The fourth-order valence-corrected chi connectivity index (χ4v) is 5.16. The van der Waals surface area contributed by atoms with Crippen molar-refractivity contribution in [1.29, 1.82) is 0 Å². The lowest BCUT2D eigenvalue weighted by Gasteiger charge is -2.33. The molecule has 0 spiro atoms. The van der Waals surface area contributed by atoms with Gasteiger partial charge in [0, 0.05) is 24.7 Å². The number of likely N-dealkylation sites (tertiary alicyclic amines) is 1. The number of nitrogens with one attached hydrogen (secondary N) is 1. The van der Waals surface area contributed by atoms with Crippen LogP contribution in [0.1, 0.15) is 24.8 Å². The van der Waals surface area contributed by atoms with Crippen LogP contribution in [0.25, 0.3) is 0 Å². The first-order valence-electron chi connectivity index (χ1n) is 8.03. The second-order valence-electron chi connectivity index (χ2n) is 6.59. The second-order valence-corrected chi connectivity index (χ2v) is 8.82. The normalized spacial score (nSPS) is 25.7. The van der Waals surface area contributed by atoms with Crippen molar-refractivity contribution in [3.63, 3.8) is 0 Å². The van der Waals surface area contributed by atoms with Crippen LogP contribution in [0.3, 0.4) is 0 Å². The number of nitrogens with zero attached hydrogens (tertiary/aromatic N) is 1. The highest BCUT2D eigenvalue weighted by molar-refractivity contribution is 7.91. The van der Waals surface area contributed by atoms with Gasteiger partial charge in [0.25, 0.3) is 0 Å². The van der Waals surface area contributed by atoms with Crippen molar-refractivity contribution in [2.75, 3.05) is 24.6 Å². The fourth-order valence-electron chi connectivity index (χ4n) is 3.48.